The maximum absolute atomic E-state index is 12.5. The summed E-state index contributed by atoms with van der Waals surface area (Å²) in [5, 5.41) is 3.43. The minimum absolute atomic E-state index is 0.181. The molecular formula is C18H24ClN3O2. The lowest BCUT2D eigenvalue weighted by Gasteiger charge is -2.18. The molecule has 0 unspecified atom stereocenters. The van der Waals surface area contributed by atoms with Gasteiger partial charge >= 0.3 is 0 Å². The number of carbonyl (C=O) groups is 1. The van der Waals surface area contributed by atoms with Gasteiger partial charge in [-0.1, -0.05) is 25.4 Å². The number of hydrogen-bond donors (Lipinski definition) is 1. The van der Waals surface area contributed by atoms with E-state index in [1.165, 1.54) is 0 Å². The zero-order chi connectivity index (χ0) is 17.5. The van der Waals surface area contributed by atoms with Gasteiger partial charge in [-0.05, 0) is 31.3 Å². The van der Waals surface area contributed by atoms with E-state index in [9.17, 15) is 4.79 Å². The largest absolute Gasteiger partial charge is 0.496 e. The van der Waals surface area contributed by atoms with Gasteiger partial charge in [-0.3, -0.25) is 4.79 Å². The summed E-state index contributed by atoms with van der Waals surface area (Å²) in [7, 11) is 1.55. The van der Waals surface area contributed by atoms with Crippen LogP contribution in [0.1, 0.15) is 24.2 Å². The molecule has 0 spiro atoms. The standard InChI is InChI=1S/C18H24ClN3O2/c1-4-21(5-2)11-8-20-18(23)14-12-15(19)16(13-17(14)24-3)22-9-6-7-10-22/h6-7,9-10,12-13H,4-5,8,11H2,1-3H3,(H,20,23). The number of carbonyl (C=O) groups excluding carboxylic acids is 1. The van der Waals surface area contributed by atoms with E-state index in [1.807, 2.05) is 29.1 Å². The molecule has 2 aromatic rings. The molecule has 1 aromatic carbocycles. The first kappa shape index (κ1) is 18.4. The topological polar surface area (TPSA) is 46.5 Å². The molecule has 0 aliphatic rings. The van der Waals surface area contributed by atoms with Crippen LogP contribution in [0.2, 0.25) is 5.02 Å². The number of rotatable bonds is 8. The van der Waals surface area contributed by atoms with Crippen LogP contribution >= 0.6 is 11.6 Å². The summed E-state index contributed by atoms with van der Waals surface area (Å²) < 4.78 is 7.27. The van der Waals surface area contributed by atoms with E-state index in [2.05, 4.69) is 24.1 Å². The summed E-state index contributed by atoms with van der Waals surface area (Å²) in [6.45, 7) is 7.54. The Balaban J connectivity index is 2.15. The molecule has 1 aromatic heterocycles. The van der Waals surface area contributed by atoms with Gasteiger partial charge in [0, 0.05) is 31.5 Å². The van der Waals surface area contributed by atoms with Crippen LogP contribution in [0.15, 0.2) is 36.7 Å². The van der Waals surface area contributed by atoms with E-state index in [-0.39, 0.29) is 5.91 Å². The maximum Gasteiger partial charge on any atom is 0.255 e. The van der Waals surface area contributed by atoms with Crippen molar-refractivity contribution < 1.29 is 9.53 Å². The van der Waals surface area contributed by atoms with Gasteiger partial charge in [-0.25, -0.2) is 0 Å². The van der Waals surface area contributed by atoms with Gasteiger partial charge in [0.25, 0.3) is 5.91 Å². The highest BCUT2D eigenvalue weighted by atomic mass is 35.5. The third kappa shape index (κ3) is 4.30. The molecule has 6 heteroatoms. The molecule has 0 bridgehead atoms. The van der Waals surface area contributed by atoms with Gasteiger partial charge in [0.2, 0.25) is 0 Å². The van der Waals surface area contributed by atoms with E-state index >= 15 is 0 Å². The Morgan fingerprint density at radius 3 is 2.50 bits per heavy atom. The van der Waals surface area contributed by atoms with Crippen molar-refractivity contribution in [1.82, 2.24) is 14.8 Å². The third-order valence-corrected chi connectivity index (χ3v) is 4.31. The van der Waals surface area contributed by atoms with Gasteiger partial charge < -0.3 is 19.5 Å². The number of hydrogen-bond acceptors (Lipinski definition) is 3. The molecule has 0 saturated heterocycles. The Kier molecular flexibility index (Phi) is 6.70. The molecule has 5 nitrogen and oxygen atoms in total. The van der Waals surface area contributed by atoms with Gasteiger partial charge in [-0.15, -0.1) is 0 Å². The summed E-state index contributed by atoms with van der Waals surface area (Å²) in [6, 6.07) is 7.26. The smallest absolute Gasteiger partial charge is 0.255 e. The predicted octanol–water partition coefficient (Wildman–Crippen LogP) is 3.21. The van der Waals surface area contributed by atoms with Crippen LogP contribution in [0.3, 0.4) is 0 Å². The molecule has 0 fully saturated rings. The SMILES string of the molecule is CCN(CC)CCNC(=O)c1cc(Cl)c(-n2cccc2)cc1OC. The minimum Gasteiger partial charge on any atom is -0.496 e. The summed E-state index contributed by atoms with van der Waals surface area (Å²) in [5.74, 6) is 0.323. The van der Waals surface area contributed by atoms with Crippen molar-refractivity contribution in [2.45, 2.75) is 13.8 Å². The molecule has 0 aliphatic heterocycles. The van der Waals surface area contributed by atoms with Crippen LogP contribution in [-0.2, 0) is 0 Å². The number of aromatic nitrogens is 1. The van der Waals surface area contributed by atoms with Crippen LogP contribution in [0.5, 0.6) is 5.75 Å². The van der Waals surface area contributed by atoms with Crippen LogP contribution in [0.25, 0.3) is 5.69 Å². The lowest BCUT2D eigenvalue weighted by Crippen LogP contribution is -2.34. The first-order chi connectivity index (χ1) is 11.6. The van der Waals surface area contributed by atoms with E-state index in [4.69, 9.17) is 16.3 Å². The third-order valence-electron chi connectivity index (χ3n) is 4.00. The average Bonchev–Trinajstić information content (AvgIpc) is 3.12. The van der Waals surface area contributed by atoms with Crippen molar-refractivity contribution in [2.75, 3.05) is 33.3 Å². The Morgan fingerprint density at radius 2 is 1.92 bits per heavy atom. The number of nitrogens with zero attached hydrogens (tertiary/aromatic N) is 2. The van der Waals surface area contributed by atoms with E-state index in [0.29, 0.717) is 22.9 Å². The summed E-state index contributed by atoms with van der Waals surface area (Å²) in [5.41, 5.74) is 1.22. The molecule has 0 radical (unpaired) electrons. The number of halogens is 1. The number of methoxy groups -OCH3 is 1. The fourth-order valence-electron chi connectivity index (χ4n) is 2.54. The highest BCUT2D eigenvalue weighted by Gasteiger charge is 2.16. The lowest BCUT2D eigenvalue weighted by molar-refractivity contribution is 0.0946. The Bertz CT molecular complexity index is 667. The first-order valence-corrected chi connectivity index (χ1v) is 8.49. The van der Waals surface area contributed by atoms with Crippen LogP contribution in [0, 0.1) is 0 Å². The average molecular weight is 350 g/mol. The number of nitrogens with one attached hydrogen (secondary N) is 1. The first-order valence-electron chi connectivity index (χ1n) is 8.12. The van der Waals surface area contributed by atoms with Crippen LogP contribution in [-0.4, -0.2) is 48.7 Å². The summed E-state index contributed by atoms with van der Waals surface area (Å²) >= 11 is 6.36. The van der Waals surface area contributed by atoms with Gasteiger partial charge in [-0.2, -0.15) is 0 Å². The normalized spacial score (nSPS) is 10.9. The van der Waals surface area contributed by atoms with E-state index < -0.39 is 0 Å². The van der Waals surface area contributed by atoms with Crippen molar-refractivity contribution in [3.8, 4) is 11.4 Å². The number of benzene rings is 1. The monoisotopic (exact) mass is 349 g/mol. The van der Waals surface area contributed by atoms with Crippen molar-refractivity contribution in [2.24, 2.45) is 0 Å². The molecule has 1 N–H and O–H groups in total. The summed E-state index contributed by atoms with van der Waals surface area (Å²) in [6.07, 6.45) is 3.79. The maximum atomic E-state index is 12.5. The number of amides is 1. The fourth-order valence-corrected chi connectivity index (χ4v) is 2.81. The van der Waals surface area contributed by atoms with Crippen molar-refractivity contribution in [3.05, 3.63) is 47.2 Å². The van der Waals surface area contributed by atoms with E-state index in [0.717, 1.165) is 25.3 Å². The zero-order valence-electron chi connectivity index (χ0n) is 14.4. The van der Waals surface area contributed by atoms with Crippen molar-refractivity contribution in [3.63, 3.8) is 0 Å². The van der Waals surface area contributed by atoms with Crippen molar-refractivity contribution in [1.29, 1.82) is 0 Å². The Morgan fingerprint density at radius 1 is 1.25 bits per heavy atom. The van der Waals surface area contributed by atoms with Crippen molar-refractivity contribution >= 4 is 17.5 Å². The molecule has 0 atom stereocenters. The molecular weight excluding hydrogens is 326 g/mol. The molecule has 24 heavy (non-hydrogen) atoms. The van der Waals surface area contributed by atoms with E-state index in [1.54, 1.807) is 19.2 Å². The number of likely N-dealkylation sites (N-methyl/N-ethyl adjacent to an activating group) is 1. The highest BCUT2D eigenvalue weighted by Crippen LogP contribution is 2.29. The predicted molar refractivity (Wildman–Crippen MR) is 97.5 cm³/mol. The second-order valence-corrected chi connectivity index (χ2v) is 5.78. The van der Waals surface area contributed by atoms with Crippen LogP contribution in [0.4, 0.5) is 0 Å². The van der Waals surface area contributed by atoms with Gasteiger partial charge in [0.1, 0.15) is 5.75 Å². The Hall–Kier alpha value is -1.98. The summed E-state index contributed by atoms with van der Waals surface area (Å²) in [4.78, 5) is 14.7. The second kappa shape index (κ2) is 8.76. The lowest BCUT2D eigenvalue weighted by atomic mass is 10.1. The minimum atomic E-state index is -0.181. The fraction of sp³-hybridized carbons (Fsp3) is 0.389. The van der Waals surface area contributed by atoms with Gasteiger partial charge in [0.15, 0.2) is 0 Å². The molecule has 0 aliphatic carbocycles. The molecule has 2 rings (SSSR count). The molecule has 130 valence electrons. The second-order valence-electron chi connectivity index (χ2n) is 5.38. The number of ether oxygens (including phenoxy) is 1. The molecule has 1 amide bonds. The Labute approximate surface area is 148 Å². The molecule has 0 saturated carbocycles. The zero-order valence-corrected chi connectivity index (χ0v) is 15.1. The molecule has 1 heterocycles. The van der Waals surface area contributed by atoms with Gasteiger partial charge in [0.05, 0.1) is 23.4 Å². The van der Waals surface area contributed by atoms with Crippen LogP contribution < -0.4 is 10.1 Å². The highest BCUT2D eigenvalue weighted by molar-refractivity contribution is 6.33. The quantitative estimate of drug-likeness (QED) is 0.796.